The van der Waals surface area contributed by atoms with Crippen LogP contribution in [-0.2, 0) is 16.6 Å². The number of ketones is 1. The Kier molecular flexibility index (Phi) is 2.94. The highest BCUT2D eigenvalue weighted by molar-refractivity contribution is 5.82. The van der Waals surface area contributed by atoms with Gasteiger partial charge in [0.15, 0.2) is 0 Å². The van der Waals surface area contributed by atoms with E-state index >= 15 is 0 Å². The number of Topliss-reactive ketones (excluding diaryl/α,β-unsaturated/α-hetero) is 1. The molecule has 2 aliphatic carbocycles. The number of fused-ring (bicyclic) bond motifs is 1. The van der Waals surface area contributed by atoms with Crippen molar-refractivity contribution in [3.05, 3.63) is 29.3 Å². The second kappa shape index (κ2) is 4.56. The number of aliphatic hydroxyl groups is 1. The van der Waals surface area contributed by atoms with Crippen LogP contribution in [0, 0.1) is 0 Å². The van der Waals surface area contributed by atoms with Crippen LogP contribution in [0.15, 0.2) is 18.2 Å². The second-order valence-electron chi connectivity index (χ2n) is 7.20. The predicted octanol–water partition coefficient (Wildman–Crippen LogP) is 1.68. The number of carbonyl (C=O) groups excluding carboxylic acids is 1. The average Bonchev–Trinajstić information content (AvgIpc) is 2.51. The van der Waals surface area contributed by atoms with Crippen LogP contribution in [0.5, 0.6) is 5.75 Å². The first kappa shape index (κ1) is 14.2. The summed E-state index contributed by atoms with van der Waals surface area (Å²) < 4.78 is 5.40. The Morgan fingerprint density at radius 3 is 2.95 bits per heavy atom. The van der Waals surface area contributed by atoms with Crippen molar-refractivity contribution in [3.63, 3.8) is 0 Å². The predicted molar refractivity (Wildman–Crippen MR) is 83.2 cm³/mol. The van der Waals surface area contributed by atoms with Gasteiger partial charge in [0.2, 0.25) is 0 Å². The molecule has 1 aromatic carbocycles. The van der Waals surface area contributed by atoms with Gasteiger partial charge in [0.1, 0.15) is 11.5 Å². The minimum atomic E-state index is -0.798. The van der Waals surface area contributed by atoms with Crippen LogP contribution >= 0.6 is 0 Å². The molecule has 0 spiro atoms. The Labute approximate surface area is 131 Å². The van der Waals surface area contributed by atoms with Crippen molar-refractivity contribution in [2.24, 2.45) is 0 Å². The number of nitrogens with zero attached hydrogens (tertiary/aromatic N) is 1. The number of hydrogen-bond donors (Lipinski definition) is 1. The summed E-state index contributed by atoms with van der Waals surface area (Å²) in [7, 11) is 3.76. The number of carbonyl (C=O) groups is 1. The number of piperidine rings is 1. The fourth-order valence-corrected chi connectivity index (χ4v) is 5.13. The maximum atomic E-state index is 12.2. The summed E-state index contributed by atoms with van der Waals surface area (Å²) in [5.74, 6) is 1.09. The summed E-state index contributed by atoms with van der Waals surface area (Å²) in [6.07, 6.45) is 3.23. The van der Waals surface area contributed by atoms with Crippen LogP contribution in [-0.4, -0.2) is 48.1 Å². The number of likely N-dealkylation sites (N-methyl/N-ethyl adjacent to an activating group) is 1. The topological polar surface area (TPSA) is 49.8 Å². The summed E-state index contributed by atoms with van der Waals surface area (Å²) in [6, 6.07) is 6.26. The maximum absolute atomic E-state index is 12.2. The van der Waals surface area contributed by atoms with Crippen LogP contribution in [0.1, 0.15) is 36.8 Å². The Hall–Kier alpha value is -1.39. The zero-order valence-corrected chi connectivity index (χ0v) is 13.3. The third kappa shape index (κ3) is 1.62. The third-order valence-corrected chi connectivity index (χ3v) is 6.33. The molecule has 1 saturated carbocycles. The van der Waals surface area contributed by atoms with Gasteiger partial charge in [-0.25, -0.2) is 0 Å². The zero-order chi connectivity index (χ0) is 15.5. The lowest BCUT2D eigenvalue weighted by Gasteiger charge is -2.62. The first-order valence-electron chi connectivity index (χ1n) is 8.12. The molecule has 1 saturated heterocycles. The van der Waals surface area contributed by atoms with Crippen molar-refractivity contribution in [1.82, 2.24) is 4.90 Å². The van der Waals surface area contributed by atoms with E-state index < -0.39 is 11.0 Å². The van der Waals surface area contributed by atoms with Gasteiger partial charge in [-0.05, 0) is 56.1 Å². The van der Waals surface area contributed by atoms with Gasteiger partial charge in [0, 0.05) is 24.3 Å². The summed E-state index contributed by atoms with van der Waals surface area (Å²) >= 11 is 0. The van der Waals surface area contributed by atoms with Crippen molar-refractivity contribution in [2.75, 3.05) is 20.7 Å². The van der Waals surface area contributed by atoms with E-state index in [1.54, 1.807) is 7.11 Å². The minimum Gasteiger partial charge on any atom is -0.497 e. The highest BCUT2D eigenvalue weighted by Crippen LogP contribution is 2.57. The molecule has 4 heteroatoms. The van der Waals surface area contributed by atoms with Gasteiger partial charge in [0.05, 0.1) is 12.7 Å². The number of likely N-dealkylation sites (tertiary alicyclic amines) is 1. The second-order valence-corrected chi connectivity index (χ2v) is 7.20. The van der Waals surface area contributed by atoms with E-state index in [0.717, 1.165) is 30.7 Å². The van der Waals surface area contributed by atoms with Gasteiger partial charge < -0.3 is 14.7 Å². The molecule has 1 aromatic rings. The molecule has 0 aromatic heterocycles. The van der Waals surface area contributed by atoms with E-state index in [-0.39, 0.29) is 11.8 Å². The molecule has 1 heterocycles. The molecule has 4 nitrogen and oxygen atoms in total. The molecular formula is C18H23NO3. The highest BCUT2D eigenvalue weighted by Gasteiger charge is 2.64. The van der Waals surface area contributed by atoms with Crippen LogP contribution in [0.3, 0.4) is 0 Å². The van der Waals surface area contributed by atoms with Crippen molar-refractivity contribution < 1.29 is 14.6 Å². The van der Waals surface area contributed by atoms with Gasteiger partial charge in [-0.2, -0.15) is 0 Å². The molecule has 2 bridgehead atoms. The number of hydrogen-bond acceptors (Lipinski definition) is 4. The Bertz CT molecular complexity index is 643. The number of ether oxygens (including phenoxy) is 1. The van der Waals surface area contributed by atoms with Crippen LogP contribution in [0.4, 0.5) is 0 Å². The first-order chi connectivity index (χ1) is 10.5. The minimum absolute atomic E-state index is 0.107. The standard InChI is InChI=1S/C18H23NO3/c1-19-8-7-17-11-13(20)5-6-18(17,21)16(19)9-12-3-4-14(22-2)10-15(12)17/h3-4,10,16,21H,5-9,11H2,1-2H3/t16?,17-,18-/m1/s1. The monoisotopic (exact) mass is 301 g/mol. The summed E-state index contributed by atoms with van der Waals surface area (Å²) in [6.45, 7) is 0.927. The van der Waals surface area contributed by atoms with Gasteiger partial charge >= 0.3 is 0 Å². The molecule has 2 fully saturated rings. The Balaban J connectivity index is 1.96. The lowest BCUT2D eigenvalue weighted by Crippen LogP contribution is -2.72. The smallest absolute Gasteiger partial charge is 0.134 e. The van der Waals surface area contributed by atoms with E-state index in [9.17, 15) is 9.90 Å². The SMILES string of the molecule is COc1ccc2c(c1)[C@]13CCN(C)C(C2)[C@]1(O)CCC(=O)C3. The van der Waals surface area contributed by atoms with E-state index in [0.29, 0.717) is 19.3 Å². The van der Waals surface area contributed by atoms with Gasteiger partial charge in [0.25, 0.3) is 0 Å². The molecule has 0 amide bonds. The Morgan fingerprint density at radius 1 is 1.36 bits per heavy atom. The molecule has 3 atom stereocenters. The highest BCUT2D eigenvalue weighted by atomic mass is 16.5. The quantitative estimate of drug-likeness (QED) is 0.857. The van der Waals surface area contributed by atoms with Gasteiger partial charge in [-0.15, -0.1) is 0 Å². The largest absolute Gasteiger partial charge is 0.497 e. The van der Waals surface area contributed by atoms with E-state index in [1.807, 2.05) is 6.07 Å². The Morgan fingerprint density at radius 2 is 2.18 bits per heavy atom. The molecule has 1 aliphatic heterocycles. The van der Waals surface area contributed by atoms with Gasteiger partial charge in [-0.1, -0.05) is 6.07 Å². The summed E-state index contributed by atoms with van der Waals surface area (Å²) in [5.41, 5.74) is 1.18. The van der Waals surface area contributed by atoms with Crippen molar-refractivity contribution in [1.29, 1.82) is 0 Å². The summed E-state index contributed by atoms with van der Waals surface area (Å²) in [5, 5.41) is 11.6. The maximum Gasteiger partial charge on any atom is 0.134 e. The number of methoxy groups -OCH3 is 1. The van der Waals surface area contributed by atoms with Crippen LogP contribution < -0.4 is 4.74 Å². The lowest BCUT2D eigenvalue weighted by molar-refractivity contribution is -0.168. The lowest BCUT2D eigenvalue weighted by atomic mass is 9.49. The molecule has 0 radical (unpaired) electrons. The number of rotatable bonds is 1. The zero-order valence-electron chi connectivity index (χ0n) is 13.3. The molecular weight excluding hydrogens is 278 g/mol. The van der Waals surface area contributed by atoms with Crippen LogP contribution in [0.25, 0.3) is 0 Å². The van der Waals surface area contributed by atoms with E-state index in [2.05, 4.69) is 24.1 Å². The summed E-state index contributed by atoms with van der Waals surface area (Å²) in [4.78, 5) is 14.5. The fourth-order valence-electron chi connectivity index (χ4n) is 5.13. The van der Waals surface area contributed by atoms with Crippen molar-refractivity contribution in [3.8, 4) is 5.75 Å². The molecule has 4 rings (SSSR count). The van der Waals surface area contributed by atoms with E-state index in [4.69, 9.17) is 4.74 Å². The normalized spacial score (nSPS) is 37.4. The molecule has 1 unspecified atom stereocenters. The molecule has 118 valence electrons. The average molecular weight is 301 g/mol. The van der Waals surface area contributed by atoms with Crippen molar-refractivity contribution >= 4 is 5.78 Å². The third-order valence-electron chi connectivity index (χ3n) is 6.33. The fraction of sp³-hybridized carbons (Fsp3) is 0.611. The molecule has 1 N–H and O–H groups in total. The number of benzene rings is 1. The van der Waals surface area contributed by atoms with E-state index in [1.165, 1.54) is 5.56 Å². The van der Waals surface area contributed by atoms with Crippen molar-refractivity contribution in [2.45, 2.75) is 49.2 Å². The molecule has 22 heavy (non-hydrogen) atoms. The molecule has 3 aliphatic rings. The van der Waals surface area contributed by atoms with Gasteiger partial charge in [-0.3, -0.25) is 4.79 Å². The first-order valence-corrected chi connectivity index (χ1v) is 8.12. The van der Waals surface area contributed by atoms with Crippen LogP contribution in [0.2, 0.25) is 0 Å².